The molecule has 0 aliphatic carbocycles. The summed E-state index contributed by atoms with van der Waals surface area (Å²) in [5.41, 5.74) is 8.58. The Morgan fingerprint density at radius 2 is 2.15 bits per heavy atom. The lowest BCUT2D eigenvalue weighted by atomic mass is 10.1. The maximum absolute atomic E-state index is 12.9. The van der Waals surface area contributed by atoms with Crippen LogP contribution in [0.2, 0.25) is 0 Å². The third-order valence-electron chi connectivity index (χ3n) is 5.11. The van der Waals surface area contributed by atoms with E-state index in [0.29, 0.717) is 29.8 Å². The van der Waals surface area contributed by atoms with Gasteiger partial charge in [-0.05, 0) is 24.5 Å². The molecule has 1 fully saturated rings. The van der Waals surface area contributed by atoms with Crippen LogP contribution in [-0.2, 0) is 13.6 Å². The average molecular weight is 363 g/mol. The highest BCUT2D eigenvalue weighted by molar-refractivity contribution is 5.84. The van der Waals surface area contributed by atoms with E-state index in [0.717, 1.165) is 30.8 Å². The number of rotatable bonds is 3. The standard InChI is InChI=1S/C19H21N7O/c1-24-17-16(18(23-12-22-17)25-8-4-7-15(21)11-25)26(19(24)27)10-14-6-3-2-5-13(14)9-20/h2-3,5-6,12,15H,4,7-8,10-11,21H2,1H3/t15-/m1/s1. The second-order valence-corrected chi connectivity index (χ2v) is 6.91. The molecule has 138 valence electrons. The van der Waals surface area contributed by atoms with Crippen molar-refractivity contribution in [1.29, 1.82) is 5.26 Å². The summed E-state index contributed by atoms with van der Waals surface area (Å²) >= 11 is 0. The number of hydrogen-bond acceptors (Lipinski definition) is 6. The van der Waals surface area contributed by atoms with Gasteiger partial charge in [-0.15, -0.1) is 0 Å². The summed E-state index contributed by atoms with van der Waals surface area (Å²) in [5.74, 6) is 0.724. The Kier molecular flexibility index (Phi) is 4.38. The summed E-state index contributed by atoms with van der Waals surface area (Å²) in [4.78, 5) is 23.9. The first-order valence-electron chi connectivity index (χ1n) is 8.99. The highest BCUT2D eigenvalue weighted by Gasteiger charge is 2.24. The van der Waals surface area contributed by atoms with Crippen molar-refractivity contribution >= 4 is 17.0 Å². The molecule has 8 nitrogen and oxygen atoms in total. The van der Waals surface area contributed by atoms with E-state index in [1.54, 1.807) is 17.7 Å². The molecule has 1 aromatic carbocycles. The molecule has 1 atom stereocenters. The number of hydrogen-bond donors (Lipinski definition) is 1. The zero-order valence-electron chi connectivity index (χ0n) is 15.2. The van der Waals surface area contributed by atoms with Crippen molar-refractivity contribution in [3.05, 3.63) is 52.2 Å². The van der Waals surface area contributed by atoms with E-state index in [1.165, 1.54) is 10.9 Å². The minimum absolute atomic E-state index is 0.0898. The normalized spacial score (nSPS) is 17.2. The first-order valence-corrected chi connectivity index (χ1v) is 8.99. The molecule has 0 bridgehead atoms. The second-order valence-electron chi connectivity index (χ2n) is 6.91. The van der Waals surface area contributed by atoms with E-state index < -0.39 is 0 Å². The number of aryl methyl sites for hydroxylation is 1. The molecular weight excluding hydrogens is 342 g/mol. The van der Waals surface area contributed by atoms with E-state index in [1.807, 2.05) is 18.2 Å². The molecule has 8 heteroatoms. The summed E-state index contributed by atoms with van der Waals surface area (Å²) in [5, 5.41) is 9.38. The Morgan fingerprint density at radius 1 is 1.33 bits per heavy atom. The van der Waals surface area contributed by atoms with Crippen LogP contribution in [0.4, 0.5) is 5.82 Å². The number of nitrogens with zero attached hydrogens (tertiary/aromatic N) is 6. The summed E-state index contributed by atoms with van der Waals surface area (Å²) in [7, 11) is 1.70. The van der Waals surface area contributed by atoms with Crippen LogP contribution in [0.3, 0.4) is 0 Å². The van der Waals surface area contributed by atoms with Gasteiger partial charge in [0.05, 0.1) is 18.2 Å². The Hall–Kier alpha value is -3.18. The number of piperidine rings is 1. The predicted molar refractivity (Wildman–Crippen MR) is 102 cm³/mol. The number of nitriles is 1. The lowest BCUT2D eigenvalue weighted by Crippen LogP contribution is -2.43. The van der Waals surface area contributed by atoms with Gasteiger partial charge < -0.3 is 10.6 Å². The molecule has 3 heterocycles. The van der Waals surface area contributed by atoms with Crippen LogP contribution < -0.4 is 16.3 Å². The van der Waals surface area contributed by atoms with Gasteiger partial charge in [-0.3, -0.25) is 9.13 Å². The predicted octanol–water partition coefficient (Wildman–Crippen LogP) is 0.977. The van der Waals surface area contributed by atoms with E-state index in [9.17, 15) is 10.1 Å². The quantitative estimate of drug-likeness (QED) is 0.743. The van der Waals surface area contributed by atoms with Crippen molar-refractivity contribution in [1.82, 2.24) is 19.1 Å². The molecule has 4 rings (SSSR count). The van der Waals surface area contributed by atoms with Gasteiger partial charge in [0.2, 0.25) is 0 Å². The summed E-state index contributed by atoms with van der Waals surface area (Å²) in [6.07, 6.45) is 3.47. The monoisotopic (exact) mass is 363 g/mol. The molecule has 0 spiro atoms. The molecule has 1 aliphatic heterocycles. The van der Waals surface area contributed by atoms with Crippen LogP contribution in [0, 0.1) is 11.3 Å². The molecule has 27 heavy (non-hydrogen) atoms. The number of anilines is 1. The molecule has 0 unspecified atom stereocenters. The van der Waals surface area contributed by atoms with Gasteiger partial charge in [0.15, 0.2) is 11.5 Å². The topological polar surface area (TPSA) is 106 Å². The van der Waals surface area contributed by atoms with Crippen LogP contribution in [0.15, 0.2) is 35.4 Å². The highest BCUT2D eigenvalue weighted by Crippen LogP contribution is 2.25. The minimum Gasteiger partial charge on any atom is -0.353 e. The zero-order valence-corrected chi connectivity index (χ0v) is 15.2. The first kappa shape index (κ1) is 17.2. The van der Waals surface area contributed by atoms with Crippen molar-refractivity contribution in [2.24, 2.45) is 12.8 Å². The third kappa shape index (κ3) is 2.96. The molecular formula is C19H21N7O. The number of nitrogens with two attached hydrogens (primary N) is 1. The van der Waals surface area contributed by atoms with Crippen LogP contribution in [0.1, 0.15) is 24.0 Å². The number of fused-ring (bicyclic) bond motifs is 1. The van der Waals surface area contributed by atoms with Gasteiger partial charge in [0, 0.05) is 26.2 Å². The average Bonchev–Trinajstić information content (AvgIpc) is 2.93. The van der Waals surface area contributed by atoms with Crippen molar-refractivity contribution in [2.45, 2.75) is 25.4 Å². The third-order valence-corrected chi connectivity index (χ3v) is 5.11. The van der Waals surface area contributed by atoms with Gasteiger partial charge in [-0.2, -0.15) is 5.26 Å². The lowest BCUT2D eigenvalue weighted by Gasteiger charge is -2.32. The molecule has 1 aliphatic rings. The first-order chi connectivity index (χ1) is 13.1. The SMILES string of the molecule is Cn1c(=O)n(Cc2ccccc2C#N)c2c(N3CCC[C@@H](N)C3)ncnc21. The number of benzene rings is 1. The fourth-order valence-corrected chi connectivity index (χ4v) is 3.73. The fourth-order valence-electron chi connectivity index (χ4n) is 3.73. The van der Waals surface area contributed by atoms with Gasteiger partial charge in [0.25, 0.3) is 0 Å². The van der Waals surface area contributed by atoms with Gasteiger partial charge in [-0.1, -0.05) is 18.2 Å². The van der Waals surface area contributed by atoms with E-state index in [4.69, 9.17) is 5.73 Å². The Morgan fingerprint density at radius 3 is 2.93 bits per heavy atom. The molecule has 0 radical (unpaired) electrons. The van der Waals surface area contributed by atoms with E-state index in [-0.39, 0.29) is 11.7 Å². The number of aromatic nitrogens is 4. The Balaban J connectivity index is 1.89. The maximum atomic E-state index is 12.9. The molecule has 2 N–H and O–H groups in total. The summed E-state index contributed by atoms with van der Waals surface area (Å²) in [6.45, 7) is 1.84. The van der Waals surface area contributed by atoms with Crippen molar-refractivity contribution in [2.75, 3.05) is 18.0 Å². The maximum Gasteiger partial charge on any atom is 0.330 e. The van der Waals surface area contributed by atoms with Gasteiger partial charge >= 0.3 is 5.69 Å². The van der Waals surface area contributed by atoms with Crippen molar-refractivity contribution in [3.8, 4) is 6.07 Å². The van der Waals surface area contributed by atoms with Crippen molar-refractivity contribution < 1.29 is 0 Å². The summed E-state index contributed by atoms with van der Waals surface area (Å²) < 4.78 is 3.18. The minimum atomic E-state index is -0.180. The lowest BCUT2D eigenvalue weighted by molar-refractivity contribution is 0.503. The Bertz CT molecular complexity index is 1090. The summed E-state index contributed by atoms with van der Waals surface area (Å²) in [6, 6.07) is 9.59. The van der Waals surface area contributed by atoms with Crippen molar-refractivity contribution in [3.63, 3.8) is 0 Å². The zero-order chi connectivity index (χ0) is 19.0. The van der Waals surface area contributed by atoms with E-state index in [2.05, 4.69) is 20.9 Å². The highest BCUT2D eigenvalue weighted by atomic mass is 16.1. The fraction of sp³-hybridized carbons (Fsp3) is 0.368. The molecule has 1 saturated heterocycles. The van der Waals surface area contributed by atoms with Crippen LogP contribution >= 0.6 is 0 Å². The van der Waals surface area contributed by atoms with Crippen LogP contribution in [-0.4, -0.2) is 38.2 Å². The molecule has 0 saturated carbocycles. The van der Waals surface area contributed by atoms with E-state index >= 15 is 0 Å². The van der Waals surface area contributed by atoms with Gasteiger partial charge in [-0.25, -0.2) is 14.8 Å². The molecule has 0 amide bonds. The van der Waals surface area contributed by atoms with Crippen LogP contribution in [0.25, 0.3) is 11.2 Å². The second kappa shape index (κ2) is 6.85. The smallest absolute Gasteiger partial charge is 0.330 e. The number of imidazole rings is 1. The van der Waals surface area contributed by atoms with Gasteiger partial charge in [0.1, 0.15) is 11.8 Å². The molecule has 3 aromatic rings. The van der Waals surface area contributed by atoms with Crippen LogP contribution in [0.5, 0.6) is 0 Å². The largest absolute Gasteiger partial charge is 0.353 e. The Labute approximate surface area is 156 Å². The molecule has 2 aromatic heterocycles.